The maximum Gasteiger partial charge on any atom is 0.216 e. The first kappa shape index (κ1) is 13.0. The molecule has 0 bridgehead atoms. The van der Waals surface area contributed by atoms with Crippen LogP contribution in [-0.2, 0) is 4.79 Å². The number of rotatable bonds is 5. The lowest BCUT2D eigenvalue weighted by Gasteiger charge is -2.06. The van der Waals surface area contributed by atoms with Crippen molar-refractivity contribution < 1.29 is 14.6 Å². The van der Waals surface area contributed by atoms with Gasteiger partial charge in [0.15, 0.2) is 0 Å². The number of carboxylic acids is 1. The molecule has 1 N–H and O–H groups in total. The molecule has 7 nitrogen and oxygen atoms in total. The normalized spacial score (nSPS) is 10.7. The number of nitrogens with zero attached hydrogens (tertiary/aromatic N) is 3. The third kappa shape index (κ3) is 3.75. The quantitative estimate of drug-likeness (QED) is 0.610. The lowest BCUT2D eigenvalue weighted by Crippen LogP contribution is -2.28. The number of H-pyrrole nitrogens is 1. The summed E-state index contributed by atoms with van der Waals surface area (Å²) in [6.45, 7) is -0.475. The maximum atomic E-state index is 10.2. The van der Waals surface area contributed by atoms with E-state index in [1.54, 1.807) is 30.5 Å². The summed E-state index contributed by atoms with van der Waals surface area (Å²) >= 11 is 4.93. The SMILES string of the molecule is O=C([O-])COc1ccc(/C=N\n2cn[nH]c2=S)cc1. The van der Waals surface area contributed by atoms with Crippen molar-refractivity contribution in [2.24, 2.45) is 5.10 Å². The zero-order chi connectivity index (χ0) is 13.7. The maximum absolute atomic E-state index is 10.2. The Bertz CT molecular complexity index is 644. The molecular formula is C11H9N4O3S-. The van der Waals surface area contributed by atoms with Crippen molar-refractivity contribution in [2.45, 2.75) is 0 Å². The monoisotopic (exact) mass is 277 g/mol. The summed E-state index contributed by atoms with van der Waals surface area (Å²) in [5, 5.41) is 20.6. The minimum absolute atomic E-state index is 0.394. The van der Waals surface area contributed by atoms with Gasteiger partial charge in [-0.25, -0.2) is 0 Å². The minimum atomic E-state index is -1.26. The summed E-state index contributed by atoms with van der Waals surface area (Å²) in [6, 6.07) is 6.74. The molecule has 1 aromatic carbocycles. The fraction of sp³-hybridized carbons (Fsp3) is 0.0909. The molecule has 0 spiro atoms. The Morgan fingerprint density at radius 1 is 1.53 bits per heavy atom. The zero-order valence-electron chi connectivity index (χ0n) is 9.65. The number of aromatic nitrogens is 3. The third-order valence-corrected chi connectivity index (χ3v) is 2.38. The highest BCUT2D eigenvalue weighted by Crippen LogP contribution is 2.10. The first-order valence-corrected chi connectivity index (χ1v) is 5.65. The minimum Gasteiger partial charge on any atom is -0.546 e. The summed E-state index contributed by atoms with van der Waals surface area (Å²) in [7, 11) is 0. The average Bonchev–Trinajstić information content (AvgIpc) is 2.81. The number of hydrogen-bond acceptors (Lipinski definition) is 6. The van der Waals surface area contributed by atoms with E-state index in [9.17, 15) is 9.90 Å². The smallest absolute Gasteiger partial charge is 0.216 e. The molecule has 0 fully saturated rings. The Morgan fingerprint density at radius 2 is 2.26 bits per heavy atom. The van der Waals surface area contributed by atoms with Gasteiger partial charge in [-0.3, -0.25) is 5.10 Å². The highest BCUT2D eigenvalue weighted by atomic mass is 32.1. The van der Waals surface area contributed by atoms with Gasteiger partial charge >= 0.3 is 0 Å². The molecule has 0 aliphatic rings. The number of aromatic amines is 1. The van der Waals surface area contributed by atoms with E-state index in [2.05, 4.69) is 15.3 Å². The molecule has 0 saturated heterocycles. The lowest BCUT2D eigenvalue weighted by atomic mass is 10.2. The number of ether oxygens (including phenoxy) is 1. The standard InChI is InChI=1S/C11H10N4O3S/c16-10(17)6-18-9-3-1-8(2-4-9)5-13-15-7-12-14-11(15)19/h1-5,7H,6H2,(H,14,19)(H,16,17)/p-1/b13-5-. The van der Waals surface area contributed by atoms with E-state index in [1.165, 1.54) is 11.0 Å². The van der Waals surface area contributed by atoms with Crippen molar-refractivity contribution in [1.82, 2.24) is 14.9 Å². The molecule has 0 aliphatic carbocycles. The number of aliphatic carboxylic acids is 1. The largest absolute Gasteiger partial charge is 0.546 e. The first-order valence-electron chi connectivity index (χ1n) is 5.24. The predicted molar refractivity (Wildman–Crippen MR) is 67.3 cm³/mol. The Kier molecular flexibility index (Phi) is 4.04. The summed E-state index contributed by atoms with van der Waals surface area (Å²) in [6.07, 6.45) is 3.05. The van der Waals surface area contributed by atoms with Crippen LogP contribution in [0.25, 0.3) is 0 Å². The lowest BCUT2D eigenvalue weighted by molar-refractivity contribution is -0.307. The Balaban J connectivity index is 2.03. The van der Waals surface area contributed by atoms with Crippen LogP contribution in [0.1, 0.15) is 5.56 Å². The molecule has 19 heavy (non-hydrogen) atoms. The zero-order valence-corrected chi connectivity index (χ0v) is 10.5. The van der Waals surface area contributed by atoms with E-state index < -0.39 is 12.6 Å². The number of carboxylic acid groups (broad SMARTS) is 1. The van der Waals surface area contributed by atoms with Crippen LogP contribution < -0.4 is 9.84 Å². The van der Waals surface area contributed by atoms with E-state index in [1.807, 2.05) is 0 Å². The van der Waals surface area contributed by atoms with Crippen molar-refractivity contribution in [3.63, 3.8) is 0 Å². The molecule has 0 unspecified atom stereocenters. The van der Waals surface area contributed by atoms with Crippen molar-refractivity contribution >= 4 is 24.4 Å². The second kappa shape index (κ2) is 5.91. The molecule has 0 atom stereocenters. The third-order valence-electron chi connectivity index (χ3n) is 2.10. The molecule has 1 heterocycles. The van der Waals surface area contributed by atoms with Crippen molar-refractivity contribution in [3.05, 3.63) is 40.9 Å². The Labute approximate surface area is 113 Å². The van der Waals surface area contributed by atoms with Gasteiger partial charge in [0.2, 0.25) is 4.77 Å². The molecule has 8 heteroatoms. The first-order chi connectivity index (χ1) is 9.15. The average molecular weight is 277 g/mol. The molecule has 2 aromatic rings. The molecule has 0 amide bonds. The second-order valence-electron chi connectivity index (χ2n) is 3.48. The van der Waals surface area contributed by atoms with E-state index in [0.717, 1.165) is 5.56 Å². The fourth-order valence-electron chi connectivity index (χ4n) is 1.25. The highest BCUT2D eigenvalue weighted by molar-refractivity contribution is 7.71. The van der Waals surface area contributed by atoms with Gasteiger partial charge in [0.25, 0.3) is 0 Å². The topological polar surface area (TPSA) is 95.3 Å². The Morgan fingerprint density at radius 3 is 2.84 bits per heavy atom. The van der Waals surface area contributed by atoms with E-state index in [4.69, 9.17) is 17.0 Å². The van der Waals surface area contributed by atoms with E-state index in [-0.39, 0.29) is 0 Å². The molecule has 0 radical (unpaired) electrons. The van der Waals surface area contributed by atoms with Crippen LogP contribution in [0.2, 0.25) is 0 Å². The van der Waals surface area contributed by atoms with Crippen LogP contribution in [0.4, 0.5) is 0 Å². The number of benzene rings is 1. The number of nitrogens with one attached hydrogen (secondary N) is 1. The summed E-state index contributed by atoms with van der Waals surface area (Å²) in [4.78, 5) is 10.2. The van der Waals surface area contributed by atoms with Crippen LogP contribution in [-0.4, -0.2) is 33.7 Å². The predicted octanol–water partition coefficient (Wildman–Crippen LogP) is -0.0484. The molecular weight excluding hydrogens is 268 g/mol. The van der Waals surface area contributed by atoms with Crippen LogP contribution in [0.5, 0.6) is 5.75 Å². The van der Waals surface area contributed by atoms with Gasteiger partial charge in [0, 0.05) is 0 Å². The number of carbonyl (C=O) groups is 1. The molecule has 98 valence electrons. The van der Waals surface area contributed by atoms with Gasteiger partial charge in [0.1, 0.15) is 18.7 Å². The molecule has 0 saturated carbocycles. The molecule has 1 aromatic heterocycles. The second-order valence-corrected chi connectivity index (χ2v) is 3.87. The van der Waals surface area contributed by atoms with Gasteiger partial charge in [-0.1, -0.05) is 0 Å². The van der Waals surface area contributed by atoms with Gasteiger partial charge in [0.05, 0.1) is 12.2 Å². The summed E-state index contributed by atoms with van der Waals surface area (Å²) < 4.78 is 6.75. The van der Waals surface area contributed by atoms with Gasteiger partial charge < -0.3 is 14.6 Å². The number of hydrogen-bond donors (Lipinski definition) is 1. The summed E-state index contributed by atoms with van der Waals surface area (Å²) in [5.41, 5.74) is 0.809. The van der Waals surface area contributed by atoms with Gasteiger partial charge in [-0.15, -0.1) is 0 Å². The molecule has 0 aliphatic heterocycles. The van der Waals surface area contributed by atoms with E-state index in [0.29, 0.717) is 10.5 Å². The van der Waals surface area contributed by atoms with Crippen molar-refractivity contribution in [1.29, 1.82) is 0 Å². The summed E-state index contributed by atoms with van der Waals surface area (Å²) in [5.74, 6) is -0.818. The van der Waals surface area contributed by atoms with Gasteiger partial charge in [-0.05, 0) is 42.0 Å². The van der Waals surface area contributed by atoms with Crippen molar-refractivity contribution in [2.75, 3.05) is 6.61 Å². The van der Waals surface area contributed by atoms with Crippen LogP contribution in [0, 0.1) is 4.77 Å². The van der Waals surface area contributed by atoms with Crippen LogP contribution >= 0.6 is 12.2 Å². The van der Waals surface area contributed by atoms with Crippen LogP contribution in [0.15, 0.2) is 35.7 Å². The van der Waals surface area contributed by atoms with Crippen molar-refractivity contribution in [3.8, 4) is 5.75 Å². The highest BCUT2D eigenvalue weighted by Gasteiger charge is 1.95. The molecule has 2 rings (SSSR count). The fourth-order valence-corrected chi connectivity index (χ4v) is 1.39. The van der Waals surface area contributed by atoms with E-state index >= 15 is 0 Å². The van der Waals surface area contributed by atoms with Crippen LogP contribution in [0.3, 0.4) is 0 Å². The van der Waals surface area contributed by atoms with Gasteiger partial charge in [-0.2, -0.15) is 14.9 Å². The number of carbonyl (C=O) groups excluding carboxylic acids is 1. The Hall–Kier alpha value is -2.48.